The number of ether oxygens (including phenoxy) is 1. The van der Waals surface area contributed by atoms with Gasteiger partial charge in [-0.2, -0.15) is 0 Å². The highest BCUT2D eigenvalue weighted by atomic mass is 16.5. The summed E-state index contributed by atoms with van der Waals surface area (Å²) in [4.78, 5) is 2.60. The molecule has 1 aliphatic heterocycles. The van der Waals surface area contributed by atoms with Crippen LogP contribution in [0.3, 0.4) is 0 Å². The van der Waals surface area contributed by atoms with Crippen LogP contribution >= 0.6 is 0 Å². The average Bonchev–Trinajstić information content (AvgIpc) is 2.49. The number of likely N-dealkylation sites (tertiary alicyclic amines) is 1. The van der Waals surface area contributed by atoms with Crippen LogP contribution in [0.15, 0.2) is 24.3 Å². The van der Waals surface area contributed by atoms with Gasteiger partial charge in [-0.3, -0.25) is 4.90 Å². The molecule has 3 heteroatoms. The smallest absolute Gasteiger partial charge is 0.118 e. The van der Waals surface area contributed by atoms with Crippen LogP contribution in [0.5, 0.6) is 5.75 Å². The van der Waals surface area contributed by atoms with E-state index >= 15 is 0 Å². The molecule has 1 aromatic rings. The Morgan fingerprint density at radius 3 is 2.70 bits per heavy atom. The van der Waals surface area contributed by atoms with Crippen molar-refractivity contribution >= 4 is 0 Å². The predicted molar refractivity (Wildman–Crippen MR) is 84.0 cm³/mol. The Kier molecular flexibility index (Phi) is 5.86. The first-order valence-corrected chi connectivity index (χ1v) is 7.88. The van der Waals surface area contributed by atoms with Crippen LogP contribution in [0.2, 0.25) is 0 Å². The van der Waals surface area contributed by atoms with Crippen molar-refractivity contribution < 1.29 is 4.74 Å². The van der Waals surface area contributed by atoms with Gasteiger partial charge in [-0.15, -0.1) is 0 Å². The van der Waals surface area contributed by atoms with Crippen molar-refractivity contribution in [3.05, 3.63) is 29.8 Å². The molecule has 1 heterocycles. The maximum Gasteiger partial charge on any atom is 0.118 e. The summed E-state index contributed by atoms with van der Waals surface area (Å²) in [5.41, 5.74) is 7.59. The van der Waals surface area contributed by atoms with Gasteiger partial charge in [0.25, 0.3) is 0 Å². The Balaban J connectivity index is 1.95. The summed E-state index contributed by atoms with van der Waals surface area (Å²) in [6.45, 7) is 4.45. The number of nitrogens with zero attached hydrogens (tertiary/aromatic N) is 1. The predicted octanol–water partition coefficient (Wildman–Crippen LogP) is 3.35. The molecule has 0 amide bonds. The molecule has 2 rings (SSSR count). The first-order valence-electron chi connectivity index (χ1n) is 7.88. The molecule has 1 saturated heterocycles. The second kappa shape index (κ2) is 7.65. The molecule has 3 nitrogen and oxygen atoms in total. The fraction of sp³-hybridized carbons (Fsp3) is 0.647. The molecule has 0 spiro atoms. The monoisotopic (exact) mass is 276 g/mol. The van der Waals surface area contributed by atoms with Gasteiger partial charge in [0.2, 0.25) is 0 Å². The van der Waals surface area contributed by atoms with Crippen LogP contribution in [0.25, 0.3) is 0 Å². The third-order valence-electron chi connectivity index (χ3n) is 4.35. The molecule has 0 saturated carbocycles. The van der Waals surface area contributed by atoms with Crippen molar-refractivity contribution in [1.29, 1.82) is 0 Å². The molecule has 1 fully saturated rings. The maximum atomic E-state index is 6.39. The van der Waals surface area contributed by atoms with Crippen molar-refractivity contribution in [2.75, 3.05) is 20.2 Å². The normalized spacial score (nSPS) is 21.6. The molecular weight excluding hydrogens is 248 g/mol. The molecule has 0 radical (unpaired) electrons. The quantitative estimate of drug-likeness (QED) is 0.866. The molecule has 1 aliphatic rings. The lowest BCUT2D eigenvalue weighted by atomic mass is 9.96. The second-order valence-electron chi connectivity index (χ2n) is 5.81. The number of hydrogen-bond acceptors (Lipinski definition) is 3. The summed E-state index contributed by atoms with van der Waals surface area (Å²) < 4.78 is 5.20. The van der Waals surface area contributed by atoms with Gasteiger partial charge in [-0.25, -0.2) is 0 Å². The number of hydrogen-bond donors (Lipinski definition) is 1. The molecule has 0 aliphatic carbocycles. The van der Waals surface area contributed by atoms with Gasteiger partial charge < -0.3 is 10.5 Å². The van der Waals surface area contributed by atoms with Crippen molar-refractivity contribution in [2.24, 2.45) is 5.73 Å². The van der Waals surface area contributed by atoms with Crippen molar-refractivity contribution in [3.8, 4) is 5.75 Å². The van der Waals surface area contributed by atoms with E-state index in [4.69, 9.17) is 10.5 Å². The average molecular weight is 276 g/mol. The summed E-state index contributed by atoms with van der Waals surface area (Å²) in [5, 5.41) is 0. The Bertz CT molecular complexity index is 388. The summed E-state index contributed by atoms with van der Waals surface area (Å²) in [7, 11) is 1.69. The van der Waals surface area contributed by atoms with Crippen molar-refractivity contribution in [2.45, 2.75) is 51.1 Å². The number of methoxy groups -OCH3 is 1. The standard InChI is InChI=1S/C17H28N2O/c1-3-6-15-7-4-5-12-19(15)13-17(18)14-8-10-16(20-2)11-9-14/h8-11,15,17H,3-7,12-13,18H2,1-2H3. The fourth-order valence-electron chi connectivity index (χ4n) is 3.17. The first-order chi connectivity index (χ1) is 9.74. The van der Waals surface area contributed by atoms with Gasteiger partial charge in [-0.05, 0) is 43.5 Å². The molecule has 0 aromatic heterocycles. The van der Waals surface area contributed by atoms with E-state index in [9.17, 15) is 0 Å². The van der Waals surface area contributed by atoms with E-state index in [1.54, 1.807) is 7.11 Å². The minimum atomic E-state index is 0.0957. The third-order valence-corrected chi connectivity index (χ3v) is 4.35. The molecule has 0 bridgehead atoms. The Morgan fingerprint density at radius 1 is 1.30 bits per heavy atom. The van der Waals surface area contributed by atoms with E-state index < -0.39 is 0 Å². The van der Waals surface area contributed by atoms with Gasteiger partial charge in [0, 0.05) is 18.6 Å². The second-order valence-corrected chi connectivity index (χ2v) is 5.81. The lowest BCUT2D eigenvalue weighted by molar-refractivity contribution is 0.131. The van der Waals surface area contributed by atoms with E-state index in [-0.39, 0.29) is 6.04 Å². The van der Waals surface area contributed by atoms with E-state index in [0.717, 1.165) is 18.3 Å². The molecule has 2 unspecified atom stereocenters. The zero-order valence-corrected chi connectivity index (χ0v) is 12.8. The van der Waals surface area contributed by atoms with Gasteiger partial charge in [0.05, 0.1) is 7.11 Å². The topological polar surface area (TPSA) is 38.5 Å². The van der Waals surface area contributed by atoms with E-state index in [2.05, 4.69) is 24.0 Å². The zero-order chi connectivity index (χ0) is 14.4. The molecular formula is C17H28N2O. The van der Waals surface area contributed by atoms with Gasteiger partial charge in [0.1, 0.15) is 5.75 Å². The molecule has 1 aromatic carbocycles. The fourth-order valence-corrected chi connectivity index (χ4v) is 3.17. The Morgan fingerprint density at radius 2 is 2.05 bits per heavy atom. The molecule has 112 valence electrons. The summed E-state index contributed by atoms with van der Waals surface area (Å²) in [6, 6.07) is 8.99. The molecule has 2 atom stereocenters. The summed E-state index contributed by atoms with van der Waals surface area (Å²) in [5.74, 6) is 0.891. The number of benzene rings is 1. The van der Waals surface area contributed by atoms with Gasteiger partial charge >= 0.3 is 0 Å². The van der Waals surface area contributed by atoms with E-state index in [0.29, 0.717) is 0 Å². The SMILES string of the molecule is CCCC1CCCCN1CC(N)c1ccc(OC)cc1. The van der Waals surface area contributed by atoms with Crippen LogP contribution in [0.1, 0.15) is 50.6 Å². The largest absolute Gasteiger partial charge is 0.497 e. The van der Waals surface area contributed by atoms with Crippen molar-refractivity contribution in [1.82, 2.24) is 4.90 Å². The van der Waals surface area contributed by atoms with Crippen LogP contribution in [-0.4, -0.2) is 31.1 Å². The minimum Gasteiger partial charge on any atom is -0.497 e. The Labute approximate surface area is 123 Å². The minimum absolute atomic E-state index is 0.0957. The summed E-state index contributed by atoms with van der Waals surface area (Å²) >= 11 is 0. The lowest BCUT2D eigenvalue weighted by Gasteiger charge is -2.37. The van der Waals surface area contributed by atoms with Crippen molar-refractivity contribution in [3.63, 3.8) is 0 Å². The van der Waals surface area contributed by atoms with E-state index in [1.807, 2.05) is 12.1 Å². The number of rotatable bonds is 6. The van der Waals surface area contributed by atoms with Crippen LogP contribution in [0.4, 0.5) is 0 Å². The van der Waals surface area contributed by atoms with Gasteiger partial charge in [0.15, 0.2) is 0 Å². The molecule has 2 N–H and O–H groups in total. The zero-order valence-electron chi connectivity index (χ0n) is 12.8. The van der Waals surface area contributed by atoms with Crippen LogP contribution in [0, 0.1) is 0 Å². The third kappa shape index (κ3) is 3.97. The maximum absolute atomic E-state index is 6.39. The number of nitrogens with two attached hydrogens (primary N) is 1. The van der Waals surface area contributed by atoms with Crippen LogP contribution in [-0.2, 0) is 0 Å². The van der Waals surface area contributed by atoms with E-state index in [1.165, 1.54) is 44.2 Å². The van der Waals surface area contributed by atoms with Gasteiger partial charge in [-0.1, -0.05) is 31.9 Å². The molecule has 20 heavy (non-hydrogen) atoms. The highest BCUT2D eigenvalue weighted by Crippen LogP contribution is 2.24. The highest BCUT2D eigenvalue weighted by molar-refractivity contribution is 5.29. The lowest BCUT2D eigenvalue weighted by Crippen LogP contribution is -2.43. The highest BCUT2D eigenvalue weighted by Gasteiger charge is 2.23. The Hall–Kier alpha value is -1.06. The van der Waals surface area contributed by atoms with Crippen LogP contribution < -0.4 is 10.5 Å². The summed E-state index contributed by atoms with van der Waals surface area (Å²) in [6.07, 6.45) is 6.59. The first kappa shape index (κ1) is 15.3. The number of piperidine rings is 1.